The van der Waals surface area contributed by atoms with Crippen molar-refractivity contribution in [3.8, 4) is 0 Å². The zero-order chi connectivity index (χ0) is 14.8. The average Bonchev–Trinajstić information content (AvgIpc) is 3.15. The van der Waals surface area contributed by atoms with E-state index in [1.54, 1.807) is 4.90 Å². The van der Waals surface area contributed by atoms with Crippen LogP contribution in [0.4, 0.5) is 4.79 Å². The normalized spacial score (nSPS) is 36.5. The highest BCUT2D eigenvalue weighted by Gasteiger charge is 2.44. The second kappa shape index (κ2) is 6.55. The molecule has 4 atom stereocenters. The molecular formula is C17H30N2O2. The van der Waals surface area contributed by atoms with Gasteiger partial charge in [0.15, 0.2) is 0 Å². The summed E-state index contributed by atoms with van der Waals surface area (Å²) in [7, 11) is 1.86. The first-order valence-electron chi connectivity index (χ1n) is 8.85. The van der Waals surface area contributed by atoms with E-state index in [4.69, 9.17) is 0 Å². The maximum Gasteiger partial charge on any atom is 0.317 e. The van der Waals surface area contributed by atoms with Crippen molar-refractivity contribution >= 4 is 6.03 Å². The van der Waals surface area contributed by atoms with Gasteiger partial charge in [-0.25, -0.2) is 4.79 Å². The van der Waals surface area contributed by atoms with Gasteiger partial charge in [-0.05, 0) is 31.1 Å². The van der Waals surface area contributed by atoms with E-state index in [9.17, 15) is 9.90 Å². The van der Waals surface area contributed by atoms with Crippen LogP contribution in [-0.4, -0.2) is 41.8 Å². The number of nitrogens with zero attached hydrogens (tertiary/aromatic N) is 1. The summed E-state index contributed by atoms with van der Waals surface area (Å²) in [5.41, 5.74) is 0. The second-order valence-corrected chi connectivity index (χ2v) is 7.49. The monoisotopic (exact) mass is 294 g/mol. The van der Waals surface area contributed by atoms with E-state index >= 15 is 0 Å². The minimum absolute atomic E-state index is 0.0532. The molecule has 4 heteroatoms. The van der Waals surface area contributed by atoms with Crippen molar-refractivity contribution in [3.05, 3.63) is 0 Å². The Morgan fingerprint density at radius 1 is 1.14 bits per heavy atom. The van der Waals surface area contributed by atoms with Crippen molar-refractivity contribution < 1.29 is 9.90 Å². The van der Waals surface area contributed by atoms with E-state index < -0.39 is 0 Å². The first-order chi connectivity index (χ1) is 10.1. The number of carbonyl (C=O) groups is 1. The Balaban J connectivity index is 1.40. The third kappa shape index (κ3) is 3.71. The van der Waals surface area contributed by atoms with E-state index in [1.165, 1.54) is 38.5 Å². The van der Waals surface area contributed by atoms with Crippen LogP contribution in [0.1, 0.15) is 57.8 Å². The molecule has 0 saturated heterocycles. The average molecular weight is 294 g/mol. The van der Waals surface area contributed by atoms with Crippen LogP contribution in [0.2, 0.25) is 0 Å². The van der Waals surface area contributed by atoms with Gasteiger partial charge in [-0.3, -0.25) is 0 Å². The van der Waals surface area contributed by atoms with Gasteiger partial charge in [0.25, 0.3) is 0 Å². The third-order valence-electron chi connectivity index (χ3n) is 5.88. The molecule has 0 bridgehead atoms. The van der Waals surface area contributed by atoms with E-state index in [1.807, 2.05) is 7.05 Å². The molecule has 3 rings (SSSR count). The Morgan fingerprint density at radius 2 is 1.90 bits per heavy atom. The lowest BCUT2D eigenvalue weighted by atomic mass is 9.85. The van der Waals surface area contributed by atoms with Crippen LogP contribution in [-0.2, 0) is 0 Å². The maximum atomic E-state index is 12.2. The summed E-state index contributed by atoms with van der Waals surface area (Å²) in [6.45, 7) is 0.688. The predicted octanol–water partition coefficient (Wildman–Crippen LogP) is 2.76. The number of hydrogen-bond acceptors (Lipinski definition) is 2. The van der Waals surface area contributed by atoms with Crippen molar-refractivity contribution in [2.45, 2.75) is 69.9 Å². The van der Waals surface area contributed by atoms with Crippen LogP contribution < -0.4 is 5.32 Å². The molecule has 4 unspecified atom stereocenters. The minimum Gasteiger partial charge on any atom is -0.393 e. The number of aliphatic hydroxyl groups is 1. The predicted molar refractivity (Wildman–Crippen MR) is 83.0 cm³/mol. The molecule has 0 heterocycles. The molecule has 0 aromatic rings. The number of urea groups is 1. The SMILES string of the molecule is CN(CC1CCCC1O)C(=O)NC1CC1C1CCCCC1. The molecule has 4 nitrogen and oxygen atoms in total. The van der Waals surface area contributed by atoms with Gasteiger partial charge in [-0.1, -0.05) is 38.5 Å². The van der Waals surface area contributed by atoms with Crippen LogP contribution in [0.25, 0.3) is 0 Å². The first-order valence-corrected chi connectivity index (χ1v) is 8.85. The summed E-state index contributed by atoms with van der Waals surface area (Å²) >= 11 is 0. The smallest absolute Gasteiger partial charge is 0.317 e. The van der Waals surface area contributed by atoms with Gasteiger partial charge in [0, 0.05) is 25.6 Å². The van der Waals surface area contributed by atoms with Gasteiger partial charge in [-0.15, -0.1) is 0 Å². The molecule has 0 aromatic carbocycles. The Labute approximate surface area is 128 Å². The zero-order valence-electron chi connectivity index (χ0n) is 13.3. The number of hydrogen-bond donors (Lipinski definition) is 2. The Morgan fingerprint density at radius 3 is 2.57 bits per heavy atom. The third-order valence-corrected chi connectivity index (χ3v) is 5.88. The minimum atomic E-state index is -0.212. The molecule has 3 aliphatic rings. The highest BCUT2D eigenvalue weighted by molar-refractivity contribution is 5.74. The molecule has 21 heavy (non-hydrogen) atoms. The molecule has 0 spiro atoms. The lowest BCUT2D eigenvalue weighted by Crippen LogP contribution is -2.42. The number of aliphatic hydroxyl groups excluding tert-OH is 1. The van der Waals surface area contributed by atoms with Crippen molar-refractivity contribution in [1.82, 2.24) is 10.2 Å². The second-order valence-electron chi connectivity index (χ2n) is 7.49. The van der Waals surface area contributed by atoms with Gasteiger partial charge in [0.2, 0.25) is 0 Å². The number of rotatable bonds is 4. The molecule has 3 saturated carbocycles. The van der Waals surface area contributed by atoms with Gasteiger partial charge in [0.05, 0.1) is 6.10 Å². The van der Waals surface area contributed by atoms with Crippen molar-refractivity contribution in [2.75, 3.05) is 13.6 Å². The lowest BCUT2D eigenvalue weighted by molar-refractivity contribution is 0.113. The van der Waals surface area contributed by atoms with E-state index in [-0.39, 0.29) is 18.1 Å². The summed E-state index contributed by atoms with van der Waals surface area (Å²) in [5.74, 6) is 1.86. The van der Waals surface area contributed by atoms with Crippen molar-refractivity contribution in [1.29, 1.82) is 0 Å². The fraction of sp³-hybridized carbons (Fsp3) is 0.941. The topological polar surface area (TPSA) is 52.6 Å². The van der Waals surface area contributed by atoms with Crippen LogP contribution in [0, 0.1) is 17.8 Å². The zero-order valence-corrected chi connectivity index (χ0v) is 13.3. The fourth-order valence-electron chi connectivity index (χ4n) is 4.40. The Bertz CT molecular complexity index is 368. The highest BCUT2D eigenvalue weighted by atomic mass is 16.3. The van der Waals surface area contributed by atoms with Gasteiger partial charge < -0.3 is 15.3 Å². The lowest BCUT2D eigenvalue weighted by Gasteiger charge is -2.25. The van der Waals surface area contributed by atoms with Crippen LogP contribution in [0.3, 0.4) is 0 Å². The first kappa shape index (κ1) is 15.1. The number of nitrogens with one attached hydrogen (secondary N) is 1. The molecule has 0 aromatic heterocycles. The molecule has 0 radical (unpaired) electrons. The summed E-state index contributed by atoms with van der Waals surface area (Å²) in [6.07, 6.45) is 10.9. The van der Waals surface area contributed by atoms with Crippen LogP contribution in [0.5, 0.6) is 0 Å². The summed E-state index contributed by atoms with van der Waals surface area (Å²) in [4.78, 5) is 14.0. The molecule has 3 aliphatic carbocycles. The summed E-state index contributed by atoms with van der Waals surface area (Å²) < 4.78 is 0. The molecule has 120 valence electrons. The van der Waals surface area contributed by atoms with Crippen molar-refractivity contribution in [2.24, 2.45) is 17.8 Å². The van der Waals surface area contributed by atoms with E-state index in [0.717, 1.165) is 31.1 Å². The molecule has 3 fully saturated rings. The molecular weight excluding hydrogens is 264 g/mol. The van der Waals surface area contributed by atoms with Crippen LogP contribution in [0.15, 0.2) is 0 Å². The van der Waals surface area contributed by atoms with Gasteiger partial charge >= 0.3 is 6.03 Å². The number of amides is 2. The quantitative estimate of drug-likeness (QED) is 0.837. The Hall–Kier alpha value is -0.770. The molecule has 2 amide bonds. The summed E-state index contributed by atoms with van der Waals surface area (Å²) in [5, 5.41) is 13.1. The van der Waals surface area contributed by atoms with Crippen LogP contribution >= 0.6 is 0 Å². The van der Waals surface area contributed by atoms with Gasteiger partial charge in [-0.2, -0.15) is 0 Å². The molecule has 0 aliphatic heterocycles. The fourth-order valence-corrected chi connectivity index (χ4v) is 4.40. The Kier molecular flexibility index (Phi) is 4.72. The largest absolute Gasteiger partial charge is 0.393 e. The standard InChI is InChI=1S/C17H30N2O2/c1-19(11-13-8-5-9-16(13)20)17(21)18-15-10-14(15)12-6-3-2-4-7-12/h12-16,20H,2-11H2,1H3,(H,18,21). The van der Waals surface area contributed by atoms with Crippen molar-refractivity contribution in [3.63, 3.8) is 0 Å². The highest BCUT2D eigenvalue weighted by Crippen LogP contribution is 2.44. The van der Waals surface area contributed by atoms with E-state index in [2.05, 4.69) is 5.32 Å². The van der Waals surface area contributed by atoms with Gasteiger partial charge in [0.1, 0.15) is 0 Å². The summed E-state index contributed by atoms with van der Waals surface area (Å²) in [6, 6.07) is 0.467. The maximum absolute atomic E-state index is 12.2. The van der Waals surface area contributed by atoms with E-state index in [0.29, 0.717) is 12.6 Å². The number of carbonyl (C=O) groups excluding carboxylic acids is 1. The molecule has 2 N–H and O–H groups in total.